The molecule has 0 unspecified atom stereocenters. The summed E-state index contributed by atoms with van der Waals surface area (Å²) in [5, 5.41) is 8.34. The average Bonchev–Trinajstić information content (AvgIpc) is 2.36. The van der Waals surface area contributed by atoms with E-state index < -0.39 is 42.4 Å². The Balaban J connectivity index is 3.16. The van der Waals surface area contributed by atoms with E-state index in [0.29, 0.717) is 0 Å². The molecule has 1 aromatic rings. The molecule has 0 bridgehead atoms. The Hall–Kier alpha value is -1.41. The van der Waals surface area contributed by atoms with Crippen molar-refractivity contribution in [2.45, 2.75) is 30.9 Å². The van der Waals surface area contributed by atoms with E-state index in [0.717, 1.165) is 0 Å². The number of carboxylic acids is 1. The van der Waals surface area contributed by atoms with Gasteiger partial charge in [-0.05, 0) is 38.5 Å². The molecule has 0 amide bonds. The molecule has 0 saturated heterocycles. The molecule has 0 aliphatic rings. The van der Waals surface area contributed by atoms with Crippen LogP contribution in [0.25, 0.3) is 0 Å². The second-order valence-corrected chi connectivity index (χ2v) is 9.72. The van der Waals surface area contributed by atoms with Gasteiger partial charge in [0.1, 0.15) is 0 Å². The van der Waals surface area contributed by atoms with Gasteiger partial charge in [-0.1, -0.05) is 6.07 Å². The summed E-state index contributed by atoms with van der Waals surface area (Å²) in [4.78, 5) is 10.9. The number of carbonyl (C=O) groups is 1. The zero-order valence-corrected chi connectivity index (χ0v) is 13.7. The van der Waals surface area contributed by atoms with E-state index in [2.05, 4.69) is 0 Å². The minimum absolute atomic E-state index is 0.109. The first kappa shape index (κ1) is 17.6. The summed E-state index contributed by atoms with van der Waals surface area (Å²) in [5.41, 5.74) is 0.00902. The van der Waals surface area contributed by atoms with Crippen molar-refractivity contribution in [2.75, 3.05) is 11.5 Å². The quantitative estimate of drug-likeness (QED) is 0.840. The summed E-state index contributed by atoms with van der Waals surface area (Å²) >= 11 is 0. The van der Waals surface area contributed by atoms with E-state index in [1.807, 2.05) is 0 Å². The molecule has 21 heavy (non-hydrogen) atoms. The summed E-state index contributed by atoms with van der Waals surface area (Å²) in [6.45, 7) is 4.36. The molecule has 0 atom stereocenters. The highest BCUT2D eigenvalue weighted by molar-refractivity contribution is 7.95. The predicted molar refractivity (Wildman–Crippen MR) is 79.1 cm³/mol. The Morgan fingerprint density at radius 3 is 2.19 bits per heavy atom. The predicted octanol–water partition coefficient (Wildman–Crippen LogP) is 1.29. The lowest BCUT2D eigenvalue weighted by Crippen LogP contribution is -2.24. The van der Waals surface area contributed by atoms with Gasteiger partial charge in [-0.3, -0.25) is 0 Å². The molecule has 0 heterocycles. The highest BCUT2D eigenvalue weighted by Crippen LogP contribution is 2.21. The molecule has 0 aliphatic carbocycles. The van der Waals surface area contributed by atoms with Crippen molar-refractivity contribution in [3.05, 3.63) is 29.3 Å². The molecule has 8 heteroatoms. The highest BCUT2D eigenvalue weighted by atomic mass is 32.2. The zero-order chi connectivity index (χ0) is 16.4. The van der Waals surface area contributed by atoms with Crippen molar-refractivity contribution < 1.29 is 26.7 Å². The van der Waals surface area contributed by atoms with Crippen LogP contribution >= 0.6 is 0 Å². The van der Waals surface area contributed by atoms with Gasteiger partial charge in [-0.15, -0.1) is 0 Å². The summed E-state index contributed by atoms with van der Waals surface area (Å²) < 4.78 is 47.9. The van der Waals surface area contributed by atoms with Crippen LogP contribution in [0.3, 0.4) is 0 Å². The van der Waals surface area contributed by atoms with Crippen LogP contribution in [-0.2, 0) is 19.7 Å². The molecular weight excluding hydrogens is 316 g/mol. The van der Waals surface area contributed by atoms with Crippen molar-refractivity contribution >= 4 is 25.6 Å². The van der Waals surface area contributed by atoms with E-state index in [4.69, 9.17) is 5.11 Å². The van der Waals surface area contributed by atoms with E-state index >= 15 is 0 Å². The van der Waals surface area contributed by atoms with Crippen molar-refractivity contribution in [1.82, 2.24) is 0 Å². The van der Waals surface area contributed by atoms with Gasteiger partial charge in [-0.25, -0.2) is 21.6 Å². The van der Waals surface area contributed by atoms with E-state index in [1.165, 1.54) is 39.0 Å². The van der Waals surface area contributed by atoms with Crippen LogP contribution < -0.4 is 0 Å². The topological polar surface area (TPSA) is 106 Å². The first-order valence-corrected chi connectivity index (χ1v) is 9.63. The molecule has 0 saturated carbocycles. The number of carboxylic acid groups (broad SMARTS) is 1. The van der Waals surface area contributed by atoms with Crippen LogP contribution in [0.2, 0.25) is 0 Å². The Morgan fingerprint density at radius 2 is 1.71 bits per heavy atom. The van der Waals surface area contributed by atoms with Gasteiger partial charge in [0.25, 0.3) is 0 Å². The van der Waals surface area contributed by atoms with Crippen LogP contribution in [0.5, 0.6) is 0 Å². The van der Waals surface area contributed by atoms with Crippen LogP contribution in [-0.4, -0.2) is 44.7 Å². The fraction of sp³-hybridized carbons (Fsp3) is 0.462. The summed E-state index contributed by atoms with van der Waals surface area (Å²) in [6, 6.07) is 3.93. The van der Waals surface area contributed by atoms with Crippen molar-refractivity contribution in [3.63, 3.8) is 0 Å². The lowest BCUT2D eigenvalue weighted by molar-refractivity contribution is 0.0695. The maximum absolute atomic E-state index is 12.2. The zero-order valence-electron chi connectivity index (χ0n) is 12.0. The first-order chi connectivity index (χ1) is 9.49. The van der Waals surface area contributed by atoms with Crippen molar-refractivity contribution in [3.8, 4) is 0 Å². The largest absolute Gasteiger partial charge is 0.478 e. The normalized spacial score (nSPS) is 12.6. The minimum atomic E-state index is -3.86. The first-order valence-electron chi connectivity index (χ1n) is 6.26. The lowest BCUT2D eigenvalue weighted by atomic mass is 10.1. The van der Waals surface area contributed by atoms with Gasteiger partial charge in [0.05, 0.1) is 27.2 Å². The summed E-state index contributed by atoms with van der Waals surface area (Å²) in [7, 11) is -7.33. The number of aromatic carboxylic acids is 1. The minimum Gasteiger partial charge on any atom is -0.478 e. The standard InChI is InChI=1S/C13H18O6S2/c1-9(2)20(16,17)7-8-21(18,19)12-6-4-5-11(10(12)3)13(14)15/h4-6,9H,7-8H2,1-3H3,(H,14,15). The molecule has 1 aromatic carbocycles. The number of hydrogen-bond acceptors (Lipinski definition) is 5. The Kier molecular flexibility index (Phi) is 5.16. The number of sulfone groups is 2. The highest BCUT2D eigenvalue weighted by Gasteiger charge is 2.25. The number of benzene rings is 1. The molecule has 0 radical (unpaired) electrons. The third kappa shape index (κ3) is 4.04. The lowest BCUT2D eigenvalue weighted by Gasteiger charge is -2.11. The molecule has 0 aliphatic heterocycles. The van der Waals surface area contributed by atoms with Crippen LogP contribution in [0.15, 0.2) is 23.1 Å². The number of rotatable bonds is 6. The maximum Gasteiger partial charge on any atom is 0.335 e. The molecule has 0 fully saturated rings. The van der Waals surface area contributed by atoms with E-state index in [-0.39, 0.29) is 16.0 Å². The number of hydrogen-bond donors (Lipinski definition) is 1. The Morgan fingerprint density at radius 1 is 1.14 bits per heavy atom. The Labute approximate surface area is 124 Å². The molecule has 0 aromatic heterocycles. The van der Waals surface area contributed by atoms with Gasteiger partial charge in [0, 0.05) is 0 Å². The third-order valence-corrected chi connectivity index (χ3v) is 7.53. The monoisotopic (exact) mass is 334 g/mol. The average molecular weight is 334 g/mol. The van der Waals surface area contributed by atoms with Crippen molar-refractivity contribution in [1.29, 1.82) is 0 Å². The fourth-order valence-corrected chi connectivity index (χ4v) is 5.12. The smallest absolute Gasteiger partial charge is 0.335 e. The van der Waals surface area contributed by atoms with Gasteiger partial charge < -0.3 is 5.11 Å². The molecule has 0 spiro atoms. The molecule has 6 nitrogen and oxygen atoms in total. The summed E-state index contributed by atoms with van der Waals surface area (Å²) in [6.07, 6.45) is 0. The van der Waals surface area contributed by atoms with Gasteiger partial charge in [0.2, 0.25) is 0 Å². The summed E-state index contributed by atoms with van der Waals surface area (Å²) in [5.74, 6) is -2.26. The molecular formula is C13H18O6S2. The van der Waals surface area contributed by atoms with Gasteiger partial charge in [-0.2, -0.15) is 0 Å². The van der Waals surface area contributed by atoms with Crippen LogP contribution in [0.4, 0.5) is 0 Å². The van der Waals surface area contributed by atoms with E-state index in [9.17, 15) is 21.6 Å². The fourth-order valence-electron chi connectivity index (χ4n) is 1.75. The second-order valence-electron chi connectivity index (χ2n) is 4.97. The SMILES string of the molecule is Cc1c(C(=O)O)cccc1S(=O)(=O)CCS(=O)(=O)C(C)C. The van der Waals surface area contributed by atoms with Gasteiger partial charge >= 0.3 is 5.97 Å². The molecule has 1 N–H and O–H groups in total. The Bertz CT molecular complexity index is 745. The molecule has 1 rings (SSSR count). The third-order valence-electron chi connectivity index (χ3n) is 3.20. The van der Waals surface area contributed by atoms with E-state index in [1.54, 1.807) is 0 Å². The van der Waals surface area contributed by atoms with Crippen LogP contribution in [0, 0.1) is 6.92 Å². The van der Waals surface area contributed by atoms with Gasteiger partial charge in [0.15, 0.2) is 19.7 Å². The maximum atomic E-state index is 12.2. The molecule has 118 valence electrons. The van der Waals surface area contributed by atoms with Crippen molar-refractivity contribution in [2.24, 2.45) is 0 Å². The van der Waals surface area contributed by atoms with Crippen LogP contribution in [0.1, 0.15) is 29.8 Å². The second kappa shape index (κ2) is 6.15.